The van der Waals surface area contributed by atoms with Crippen LogP contribution in [0.3, 0.4) is 0 Å². The molecule has 0 aliphatic rings. The fourth-order valence-corrected chi connectivity index (χ4v) is 5.09. The molecule has 9 nitrogen and oxygen atoms in total. The third-order valence-electron chi connectivity index (χ3n) is 5.74. The number of sulfonamides is 1. The van der Waals surface area contributed by atoms with Gasteiger partial charge in [0.05, 0.1) is 23.2 Å². The predicted octanol–water partition coefficient (Wildman–Crippen LogP) is 5.49. The molecular weight excluding hydrogens is 558 g/mol. The lowest BCUT2D eigenvalue weighted by atomic mass is 10.0. The Morgan fingerprint density at radius 3 is 2.50 bits per heavy atom. The largest absolute Gasteiger partial charge is 0.573 e. The third-order valence-corrected chi connectivity index (χ3v) is 7.09. The maximum Gasteiger partial charge on any atom is 0.573 e. The number of nitrogens with one attached hydrogen (secondary N) is 1. The Bertz CT molecular complexity index is 1890. The average Bonchev–Trinajstić information content (AvgIpc) is 3.40. The van der Waals surface area contributed by atoms with E-state index in [0.717, 1.165) is 22.8 Å². The molecule has 0 aliphatic carbocycles. The summed E-state index contributed by atoms with van der Waals surface area (Å²) in [5, 5.41) is 3.84. The summed E-state index contributed by atoms with van der Waals surface area (Å²) in [6.07, 6.45) is -3.73. The molecule has 0 spiro atoms. The van der Waals surface area contributed by atoms with E-state index < -0.39 is 33.5 Å². The van der Waals surface area contributed by atoms with Crippen LogP contribution in [0.25, 0.3) is 27.7 Å². The van der Waals surface area contributed by atoms with E-state index >= 15 is 4.39 Å². The molecule has 0 unspecified atom stereocenters. The predicted molar refractivity (Wildman–Crippen MR) is 135 cm³/mol. The second kappa shape index (κ2) is 10.0. The number of fused-ring (bicyclic) bond motifs is 1. The van der Waals surface area contributed by atoms with E-state index in [1.165, 1.54) is 68.0 Å². The highest BCUT2D eigenvalue weighted by molar-refractivity contribution is 7.92. The summed E-state index contributed by atoms with van der Waals surface area (Å²) in [7, 11) is -2.78. The number of benzene rings is 3. The molecule has 206 valence electrons. The molecule has 0 amide bonds. The molecule has 2 aromatic heterocycles. The molecular formula is C26H17F4N3O6S. The summed E-state index contributed by atoms with van der Waals surface area (Å²) in [6.45, 7) is 0. The van der Waals surface area contributed by atoms with Crippen molar-refractivity contribution >= 4 is 26.7 Å². The van der Waals surface area contributed by atoms with Gasteiger partial charge in [-0.25, -0.2) is 12.8 Å². The van der Waals surface area contributed by atoms with Gasteiger partial charge in [0.15, 0.2) is 5.82 Å². The van der Waals surface area contributed by atoms with Crippen LogP contribution in [0.2, 0.25) is 0 Å². The highest BCUT2D eigenvalue weighted by atomic mass is 32.2. The number of aromatic nitrogens is 2. The van der Waals surface area contributed by atoms with Crippen LogP contribution in [0.5, 0.6) is 11.5 Å². The summed E-state index contributed by atoms with van der Waals surface area (Å²) < 4.78 is 96.3. The van der Waals surface area contributed by atoms with Gasteiger partial charge in [-0.05, 0) is 48.0 Å². The Balaban J connectivity index is 1.60. The summed E-state index contributed by atoms with van der Waals surface area (Å²) in [5.74, 6) is -1.40. The van der Waals surface area contributed by atoms with Gasteiger partial charge in [0, 0.05) is 29.1 Å². The molecule has 3 aromatic carbocycles. The van der Waals surface area contributed by atoms with Crippen LogP contribution in [0.4, 0.5) is 23.4 Å². The zero-order valence-electron chi connectivity index (χ0n) is 20.3. The molecule has 1 N–H and O–H groups in total. The van der Waals surface area contributed by atoms with Crippen molar-refractivity contribution in [1.29, 1.82) is 0 Å². The molecule has 14 heteroatoms. The summed E-state index contributed by atoms with van der Waals surface area (Å²) >= 11 is 0. The number of pyridine rings is 1. The number of hydrogen-bond donors (Lipinski definition) is 1. The topological polar surface area (TPSA) is 113 Å². The SMILES string of the molecule is COc1cc(-c2cccc(OC(F)(F)F)c2)c(F)cc1-n1c(=O)ccc2cc(S(=O)(=O)Nc3ccon3)ccc21. The van der Waals surface area contributed by atoms with Gasteiger partial charge in [-0.2, -0.15) is 0 Å². The highest BCUT2D eigenvalue weighted by Gasteiger charge is 2.31. The summed E-state index contributed by atoms with van der Waals surface area (Å²) in [6, 6.07) is 14.8. The monoisotopic (exact) mass is 575 g/mol. The van der Waals surface area contributed by atoms with Crippen LogP contribution in [0.15, 0.2) is 93.3 Å². The van der Waals surface area contributed by atoms with Gasteiger partial charge < -0.3 is 14.0 Å². The van der Waals surface area contributed by atoms with Gasteiger partial charge in [0.25, 0.3) is 15.6 Å². The molecule has 40 heavy (non-hydrogen) atoms. The van der Waals surface area contributed by atoms with E-state index in [1.807, 2.05) is 0 Å². The smallest absolute Gasteiger partial charge is 0.495 e. The minimum Gasteiger partial charge on any atom is -0.495 e. The lowest BCUT2D eigenvalue weighted by Gasteiger charge is -2.17. The van der Waals surface area contributed by atoms with Gasteiger partial charge >= 0.3 is 6.36 Å². The molecule has 0 saturated carbocycles. The maximum atomic E-state index is 15.4. The van der Waals surface area contributed by atoms with Gasteiger partial charge in [-0.3, -0.25) is 14.1 Å². The standard InChI is InChI=1S/C26H17F4N3O6S/c1-37-23-13-19(15-3-2-4-17(11-15)39-26(28,29)30)20(27)14-22(23)33-21-7-6-18(12-16(21)5-8-25(33)34)40(35,36)32-24-9-10-38-31-24/h2-14H,1H3,(H,31,32). The molecule has 2 heterocycles. The normalized spacial score (nSPS) is 11.9. The second-order valence-electron chi connectivity index (χ2n) is 8.30. The molecule has 0 radical (unpaired) electrons. The Kier molecular flexibility index (Phi) is 6.71. The van der Waals surface area contributed by atoms with E-state index in [4.69, 9.17) is 4.74 Å². The van der Waals surface area contributed by atoms with Crippen LogP contribution in [0.1, 0.15) is 0 Å². The van der Waals surface area contributed by atoms with Gasteiger partial charge in [-0.1, -0.05) is 17.3 Å². The first-order valence-corrected chi connectivity index (χ1v) is 12.8. The third kappa shape index (κ3) is 5.33. The average molecular weight is 575 g/mol. The number of alkyl halides is 3. The molecule has 0 aliphatic heterocycles. The van der Waals surface area contributed by atoms with E-state index in [1.54, 1.807) is 0 Å². The fraction of sp³-hybridized carbons (Fsp3) is 0.0769. The zero-order valence-corrected chi connectivity index (χ0v) is 21.1. The maximum absolute atomic E-state index is 15.4. The van der Waals surface area contributed by atoms with E-state index in [-0.39, 0.29) is 38.8 Å². The number of halogens is 4. The van der Waals surface area contributed by atoms with Crippen LogP contribution in [0, 0.1) is 5.82 Å². The molecule has 5 aromatic rings. The molecule has 5 rings (SSSR count). The first-order chi connectivity index (χ1) is 18.9. The van der Waals surface area contributed by atoms with Crippen molar-refractivity contribution in [3.05, 3.63) is 95.2 Å². The number of anilines is 1. The van der Waals surface area contributed by atoms with E-state index in [0.29, 0.717) is 5.39 Å². The first kappa shape index (κ1) is 26.7. The molecule has 0 bridgehead atoms. The molecule has 0 fully saturated rings. The quantitative estimate of drug-likeness (QED) is 0.255. The Hall–Kier alpha value is -4.85. The summed E-state index contributed by atoms with van der Waals surface area (Å²) in [4.78, 5) is 12.8. The highest BCUT2D eigenvalue weighted by Crippen LogP contribution is 2.35. The van der Waals surface area contributed by atoms with Crippen molar-refractivity contribution in [2.45, 2.75) is 11.3 Å². The lowest BCUT2D eigenvalue weighted by Crippen LogP contribution is -2.19. The van der Waals surface area contributed by atoms with Crippen molar-refractivity contribution in [2.75, 3.05) is 11.8 Å². The summed E-state index contributed by atoms with van der Waals surface area (Å²) in [5.41, 5.74) is -0.384. The molecule has 0 saturated heterocycles. The Labute approximate surface area is 223 Å². The van der Waals surface area contributed by atoms with Crippen molar-refractivity contribution in [3.63, 3.8) is 0 Å². The van der Waals surface area contributed by atoms with E-state index in [9.17, 15) is 26.4 Å². The van der Waals surface area contributed by atoms with Gasteiger partial charge in [-0.15, -0.1) is 13.2 Å². The fourth-order valence-electron chi connectivity index (χ4n) is 4.06. The van der Waals surface area contributed by atoms with Crippen molar-refractivity contribution in [2.24, 2.45) is 0 Å². The van der Waals surface area contributed by atoms with Crippen molar-refractivity contribution in [3.8, 4) is 28.3 Å². The van der Waals surface area contributed by atoms with Crippen molar-refractivity contribution in [1.82, 2.24) is 9.72 Å². The number of methoxy groups -OCH3 is 1. The van der Waals surface area contributed by atoms with Crippen LogP contribution < -0.4 is 19.8 Å². The van der Waals surface area contributed by atoms with Gasteiger partial charge in [0.2, 0.25) is 0 Å². The van der Waals surface area contributed by atoms with Crippen molar-refractivity contribution < 1.29 is 40.0 Å². The van der Waals surface area contributed by atoms with Crippen LogP contribution in [-0.4, -0.2) is 31.6 Å². The number of nitrogens with zero attached hydrogens (tertiary/aromatic N) is 2. The number of hydrogen-bond acceptors (Lipinski definition) is 7. The Morgan fingerprint density at radius 1 is 1.00 bits per heavy atom. The van der Waals surface area contributed by atoms with Crippen LogP contribution >= 0.6 is 0 Å². The van der Waals surface area contributed by atoms with Crippen LogP contribution in [-0.2, 0) is 10.0 Å². The number of ether oxygens (including phenoxy) is 2. The Morgan fingerprint density at radius 2 is 1.80 bits per heavy atom. The molecule has 0 atom stereocenters. The zero-order chi connectivity index (χ0) is 28.7. The second-order valence-corrected chi connectivity index (χ2v) is 9.98. The van der Waals surface area contributed by atoms with E-state index in [2.05, 4.69) is 19.1 Å². The minimum atomic E-state index is -4.93. The first-order valence-electron chi connectivity index (χ1n) is 11.3. The lowest BCUT2D eigenvalue weighted by molar-refractivity contribution is -0.274. The minimum absolute atomic E-state index is 0.0154. The number of rotatable bonds is 7. The van der Waals surface area contributed by atoms with Gasteiger partial charge in [0.1, 0.15) is 23.6 Å².